The Labute approximate surface area is 152 Å². The Morgan fingerprint density at radius 1 is 1.27 bits per heavy atom. The lowest BCUT2D eigenvalue weighted by Crippen LogP contribution is -2.20. The molecule has 6 nitrogen and oxygen atoms in total. The second-order valence-corrected chi connectivity index (χ2v) is 5.81. The predicted octanol–water partition coefficient (Wildman–Crippen LogP) is 2.99. The molecule has 1 N–H and O–H groups in total. The topological polar surface area (TPSA) is 64.9 Å². The molecular weight excluding hydrogens is 330 g/mol. The molecule has 3 rings (SSSR count). The minimum atomic E-state index is -0.198. The molecule has 1 aromatic carbocycles. The normalized spacial score (nSPS) is 11.0. The Morgan fingerprint density at radius 2 is 2.12 bits per heavy atom. The molecule has 0 aliphatic carbocycles. The van der Waals surface area contributed by atoms with Crippen molar-refractivity contribution in [2.75, 3.05) is 14.2 Å². The van der Waals surface area contributed by atoms with Crippen LogP contribution in [-0.4, -0.2) is 29.5 Å². The second-order valence-electron chi connectivity index (χ2n) is 5.81. The molecule has 2 heterocycles. The molecule has 0 radical (unpaired) electrons. The standard InChI is InChI=1S/C20H21N3O3/c1-14-5-4-10-23-13-16(22-20(14)23)12-21-19(24)9-7-15-6-8-17(25-2)11-18(15)26-3/h4-11,13H,12H2,1-3H3,(H,21,24). The first-order valence-electron chi connectivity index (χ1n) is 8.22. The van der Waals surface area contributed by atoms with Crippen molar-refractivity contribution >= 4 is 17.6 Å². The smallest absolute Gasteiger partial charge is 0.244 e. The van der Waals surface area contributed by atoms with Gasteiger partial charge < -0.3 is 19.2 Å². The molecule has 0 fully saturated rings. The molecular formula is C20H21N3O3. The van der Waals surface area contributed by atoms with Gasteiger partial charge in [0.25, 0.3) is 0 Å². The first kappa shape index (κ1) is 17.5. The summed E-state index contributed by atoms with van der Waals surface area (Å²) in [6.45, 7) is 2.37. The number of carbonyl (C=O) groups excluding carboxylic acids is 1. The maximum absolute atomic E-state index is 12.1. The Bertz CT molecular complexity index is 960. The zero-order valence-corrected chi connectivity index (χ0v) is 15.0. The third-order valence-electron chi connectivity index (χ3n) is 4.03. The number of hydrogen-bond donors (Lipinski definition) is 1. The summed E-state index contributed by atoms with van der Waals surface area (Å²) in [4.78, 5) is 16.6. The van der Waals surface area contributed by atoms with Gasteiger partial charge >= 0.3 is 0 Å². The summed E-state index contributed by atoms with van der Waals surface area (Å²) in [7, 11) is 3.18. The van der Waals surface area contributed by atoms with Crippen LogP contribution in [0.15, 0.2) is 48.8 Å². The van der Waals surface area contributed by atoms with Gasteiger partial charge in [-0.3, -0.25) is 4.79 Å². The summed E-state index contributed by atoms with van der Waals surface area (Å²) in [6, 6.07) is 9.41. The third-order valence-corrected chi connectivity index (χ3v) is 4.03. The Morgan fingerprint density at radius 3 is 2.85 bits per heavy atom. The number of pyridine rings is 1. The highest BCUT2D eigenvalue weighted by molar-refractivity contribution is 5.92. The number of carbonyl (C=O) groups is 1. The van der Waals surface area contributed by atoms with E-state index in [1.807, 2.05) is 48.0 Å². The number of rotatable bonds is 6. The largest absolute Gasteiger partial charge is 0.497 e. The van der Waals surface area contributed by atoms with E-state index < -0.39 is 0 Å². The van der Waals surface area contributed by atoms with Gasteiger partial charge in [0, 0.05) is 30.1 Å². The zero-order chi connectivity index (χ0) is 18.5. The number of imidazole rings is 1. The van der Waals surface area contributed by atoms with E-state index in [1.165, 1.54) is 6.08 Å². The number of fused-ring (bicyclic) bond motifs is 1. The van der Waals surface area contributed by atoms with E-state index >= 15 is 0 Å². The van der Waals surface area contributed by atoms with Crippen LogP contribution in [0.4, 0.5) is 0 Å². The SMILES string of the molecule is COc1ccc(C=CC(=O)NCc2cn3cccc(C)c3n2)c(OC)c1. The molecule has 2 aromatic heterocycles. The van der Waals surface area contributed by atoms with Crippen LogP contribution in [0.3, 0.4) is 0 Å². The van der Waals surface area contributed by atoms with Gasteiger partial charge in [0.15, 0.2) is 0 Å². The minimum Gasteiger partial charge on any atom is -0.497 e. The second kappa shape index (κ2) is 7.74. The van der Waals surface area contributed by atoms with Crippen LogP contribution in [0.1, 0.15) is 16.8 Å². The Balaban J connectivity index is 1.65. The Hall–Kier alpha value is -3.28. The lowest BCUT2D eigenvalue weighted by Gasteiger charge is -2.07. The average Bonchev–Trinajstić information content (AvgIpc) is 3.09. The van der Waals surface area contributed by atoms with Crippen molar-refractivity contribution in [1.29, 1.82) is 0 Å². The van der Waals surface area contributed by atoms with Crippen LogP contribution < -0.4 is 14.8 Å². The van der Waals surface area contributed by atoms with Crippen molar-refractivity contribution in [3.8, 4) is 11.5 Å². The first-order valence-corrected chi connectivity index (χ1v) is 8.22. The van der Waals surface area contributed by atoms with E-state index in [4.69, 9.17) is 9.47 Å². The average molecular weight is 351 g/mol. The molecule has 0 atom stereocenters. The number of amides is 1. The number of aromatic nitrogens is 2. The number of ether oxygens (including phenoxy) is 2. The maximum atomic E-state index is 12.1. The molecule has 0 saturated heterocycles. The van der Waals surface area contributed by atoms with Crippen LogP contribution in [0.2, 0.25) is 0 Å². The lowest BCUT2D eigenvalue weighted by molar-refractivity contribution is -0.116. The molecule has 0 aliphatic heterocycles. The summed E-state index contributed by atoms with van der Waals surface area (Å²) in [5, 5.41) is 2.84. The minimum absolute atomic E-state index is 0.198. The van der Waals surface area contributed by atoms with Gasteiger partial charge in [-0.05, 0) is 36.8 Å². The lowest BCUT2D eigenvalue weighted by atomic mass is 10.1. The first-order chi connectivity index (χ1) is 12.6. The van der Waals surface area contributed by atoms with Crippen molar-refractivity contribution in [3.05, 3.63) is 65.6 Å². The maximum Gasteiger partial charge on any atom is 0.244 e. The quantitative estimate of drug-likeness (QED) is 0.694. The Kier molecular flexibility index (Phi) is 5.22. The molecule has 134 valence electrons. The van der Waals surface area contributed by atoms with Gasteiger partial charge in [0.2, 0.25) is 5.91 Å². The summed E-state index contributed by atoms with van der Waals surface area (Å²) < 4.78 is 12.4. The van der Waals surface area contributed by atoms with E-state index in [1.54, 1.807) is 26.4 Å². The number of hydrogen-bond acceptors (Lipinski definition) is 4. The summed E-state index contributed by atoms with van der Waals surface area (Å²) in [6.07, 6.45) is 7.04. The van der Waals surface area contributed by atoms with Gasteiger partial charge in [-0.25, -0.2) is 4.98 Å². The fraction of sp³-hybridized carbons (Fsp3) is 0.200. The number of aryl methyl sites for hydroxylation is 1. The van der Waals surface area contributed by atoms with Crippen molar-refractivity contribution in [2.24, 2.45) is 0 Å². The van der Waals surface area contributed by atoms with Gasteiger partial charge in [-0.15, -0.1) is 0 Å². The molecule has 0 spiro atoms. The van der Waals surface area contributed by atoms with E-state index in [-0.39, 0.29) is 5.91 Å². The van der Waals surface area contributed by atoms with Crippen molar-refractivity contribution in [3.63, 3.8) is 0 Å². The fourth-order valence-corrected chi connectivity index (χ4v) is 2.65. The van der Waals surface area contributed by atoms with Crippen LogP contribution in [0.5, 0.6) is 11.5 Å². The number of nitrogens with one attached hydrogen (secondary N) is 1. The highest BCUT2D eigenvalue weighted by Gasteiger charge is 2.06. The van der Waals surface area contributed by atoms with Crippen LogP contribution in [0, 0.1) is 6.92 Å². The van der Waals surface area contributed by atoms with Gasteiger partial charge in [-0.1, -0.05) is 6.07 Å². The van der Waals surface area contributed by atoms with Crippen molar-refractivity contribution in [2.45, 2.75) is 13.5 Å². The van der Waals surface area contributed by atoms with Crippen LogP contribution in [0.25, 0.3) is 11.7 Å². The van der Waals surface area contributed by atoms with Crippen molar-refractivity contribution in [1.82, 2.24) is 14.7 Å². The van der Waals surface area contributed by atoms with Gasteiger partial charge in [-0.2, -0.15) is 0 Å². The van der Waals surface area contributed by atoms with E-state index in [0.717, 1.165) is 22.5 Å². The molecule has 1 amide bonds. The molecule has 26 heavy (non-hydrogen) atoms. The highest BCUT2D eigenvalue weighted by atomic mass is 16.5. The summed E-state index contributed by atoms with van der Waals surface area (Å²) in [5.41, 5.74) is 3.60. The monoisotopic (exact) mass is 351 g/mol. The molecule has 3 aromatic rings. The van der Waals surface area contributed by atoms with E-state index in [0.29, 0.717) is 18.0 Å². The highest BCUT2D eigenvalue weighted by Crippen LogP contribution is 2.25. The van der Waals surface area contributed by atoms with Crippen molar-refractivity contribution < 1.29 is 14.3 Å². The molecule has 0 saturated carbocycles. The molecule has 6 heteroatoms. The fourth-order valence-electron chi connectivity index (χ4n) is 2.65. The van der Waals surface area contributed by atoms with Gasteiger partial charge in [0.05, 0.1) is 26.5 Å². The summed E-state index contributed by atoms with van der Waals surface area (Å²) in [5.74, 6) is 1.14. The van der Waals surface area contributed by atoms with Crippen LogP contribution in [-0.2, 0) is 11.3 Å². The molecule has 0 bridgehead atoms. The molecule has 0 unspecified atom stereocenters. The predicted molar refractivity (Wildman–Crippen MR) is 100 cm³/mol. The van der Waals surface area contributed by atoms with Crippen LogP contribution >= 0.6 is 0 Å². The zero-order valence-electron chi connectivity index (χ0n) is 15.0. The third kappa shape index (κ3) is 3.85. The van der Waals surface area contributed by atoms with E-state index in [9.17, 15) is 4.79 Å². The number of methoxy groups -OCH3 is 2. The van der Waals surface area contributed by atoms with E-state index in [2.05, 4.69) is 10.3 Å². The number of nitrogens with zero attached hydrogens (tertiary/aromatic N) is 2. The number of benzene rings is 1. The molecule has 0 aliphatic rings. The van der Waals surface area contributed by atoms with Gasteiger partial charge in [0.1, 0.15) is 17.1 Å². The summed E-state index contributed by atoms with van der Waals surface area (Å²) >= 11 is 0.